The highest BCUT2D eigenvalue weighted by Crippen LogP contribution is 2.27. The van der Waals surface area contributed by atoms with Crippen LogP contribution in [0.2, 0.25) is 0 Å². The zero-order chi connectivity index (χ0) is 16.7. The van der Waals surface area contributed by atoms with Gasteiger partial charge in [0.2, 0.25) is 0 Å². The maximum atomic E-state index is 12.7. The Bertz CT molecular complexity index is 586. The van der Waals surface area contributed by atoms with Crippen molar-refractivity contribution < 1.29 is 14.3 Å². The predicted molar refractivity (Wildman–Crippen MR) is 91.1 cm³/mol. The molecule has 1 aliphatic rings. The molecule has 0 aromatic heterocycles. The van der Waals surface area contributed by atoms with Crippen molar-refractivity contribution in [2.75, 3.05) is 11.9 Å². The molecule has 0 spiro atoms. The molecule has 0 amide bonds. The van der Waals surface area contributed by atoms with E-state index >= 15 is 0 Å². The van der Waals surface area contributed by atoms with Crippen LogP contribution in [-0.2, 0) is 14.3 Å². The number of rotatable bonds is 6. The van der Waals surface area contributed by atoms with Crippen LogP contribution in [0.4, 0.5) is 5.69 Å². The molecule has 0 atom stereocenters. The van der Waals surface area contributed by atoms with Crippen LogP contribution in [0.25, 0.3) is 0 Å². The van der Waals surface area contributed by atoms with Crippen LogP contribution in [0.3, 0.4) is 0 Å². The molecule has 0 bridgehead atoms. The molecule has 1 saturated carbocycles. The second kappa shape index (κ2) is 8.51. The van der Waals surface area contributed by atoms with Gasteiger partial charge in [-0.25, -0.2) is 4.79 Å². The SMILES string of the molecule is CCOC(=O)/C(=C\Nc1ccccc1C)C(=O)C1CCCCC1. The molecule has 1 fully saturated rings. The standard InChI is InChI=1S/C19H25NO3/c1-3-23-19(22)16(18(21)15-10-5-4-6-11-15)13-20-17-12-8-7-9-14(17)2/h7-9,12-13,15,20H,3-6,10-11H2,1-2H3/b16-13-. The number of ether oxygens (including phenoxy) is 1. The van der Waals surface area contributed by atoms with Gasteiger partial charge in [0.15, 0.2) is 5.78 Å². The van der Waals surface area contributed by atoms with E-state index in [1.54, 1.807) is 6.92 Å². The lowest BCUT2D eigenvalue weighted by Crippen LogP contribution is -2.25. The smallest absolute Gasteiger partial charge is 0.343 e. The third-order valence-electron chi connectivity index (χ3n) is 4.25. The van der Waals surface area contributed by atoms with Gasteiger partial charge in [0.1, 0.15) is 5.57 Å². The maximum absolute atomic E-state index is 12.7. The minimum atomic E-state index is -0.538. The number of hydrogen-bond donors (Lipinski definition) is 1. The molecule has 4 nitrogen and oxygen atoms in total. The Morgan fingerprint density at radius 3 is 2.57 bits per heavy atom. The highest BCUT2D eigenvalue weighted by molar-refractivity contribution is 6.18. The zero-order valence-corrected chi connectivity index (χ0v) is 13.9. The van der Waals surface area contributed by atoms with Crippen molar-refractivity contribution in [2.24, 2.45) is 5.92 Å². The molecule has 1 aromatic rings. The summed E-state index contributed by atoms with van der Waals surface area (Å²) in [7, 11) is 0. The first kappa shape index (κ1) is 17.3. The number of benzene rings is 1. The van der Waals surface area contributed by atoms with Gasteiger partial charge < -0.3 is 10.1 Å². The monoisotopic (exact) mass is 315 g/mol. The first-order chi connectivity index (χ1) is 11.1. The molecule has 0 aliphatic heterocycles. The van der Waals surface area contributed by atoms with E-state index in [9.17, 15) is 9.59 Å². The van der Waals surface area contributed by atoms with E-state index in [0.29, 0.717) is 0 Å². The molecule has 0 radical (unpaired) electrons. The Hall–Kier alpha value is -2.10. The van der Waals surface area contributed by atoms with E-state index in [2.05, 4.69) is 5.32 Å². The molecule has 23 heavy (non-hydrogen) atoms. The number of hydrogen-bond acceptors (Lipinski definition) is 4. The number of ketones is 1. The molecule has 0 unspecified atom stereocenters. The van der Waals surface area contributed by atoms with Crippen LogP contribution < -0.4 is 5.32 Å². The number of nitrogens with one attached hydrogen (secondary N) is 1. The lowest BCUT2D eigenvalue weighted by molar-refractivity contribution is -0.140. The average molecular weight is 315 g/mol. The fourth-order valence-electron chi connectivity index (χ4n) is 2.91. The van der Waals surface area contributed by atoms with Gasteiger partial charge in [-0.05, 0) is 38.3 Å². The number of carbonyl (C=O) groups excluding carboxylic acids is 2. The van der Waals surface area contributed by atoms with E-state index in [1.807, 2.05) is 31.2 Å². The lowest BCUT2D eigenvalue weighted by Gasteiger charge is -2.21. The van der Waals surface area contributed by atoms with Gasteiger partial charge in [0, 0.05) is 17.8 Å². The lowest BCUT2D eigenvalue weighted by atomic mass is 9.84. The van der Waals surface area contributed by atoms with Gasteiger partial charge in [-0.3, -0.25) is 4.79 Å². The number of anilines is 1. The van der Waals surface area contributed by atoms with Crippen LogP contribution >= 0.6 is 0 Å². The molecule has 0 saturated heterocycles. The summed E-state index contributed by atoms with van der Waals surface area (Å²) < 4.78 is 5.07. The number of esters is 1. The molecule has 1 aromatic carbocycles. The van der Waals surface area contributed by atoms with E-state index in [0.717, 1.165) is 36.9 Å². The number of carbonyl (C=O) groups is 2. The highest BCUT2D eigenvalue weighted by atomic mass is 16.5. The molecule has 1 N–H and O–H groups in total. The summed E-state index contributed by atoms with van der Waals surface area (Å²) in [5, 5.41) is 3.09. The van der Waals surface area contributed by atoms with E-state index < -0.39 is 5.97 Å². The quantitative estimate of drug-likeness (QED) is 0.373. The summed E-state index contributed by atoms with van der Waals surface area (Å²) in [6.45, 7) is 3.98. The molecule has 0 heterocycles. The minimum absolute atomic E-state index is 0.0573. The van der Waals surface area contributed by atoms with Crippen molar-refractivity contribution in [1.29, 1.82) is 0 Å². The summed E-state index contributed by atoms with van der Waals surface area (Å²) in [6.07, 6.45) is 6.51. The van der Waals surface area contributed by atoms with Crippen molar-refractivity contribution in [3.05, 3.63) is 41.6 Å². The second-order valence-corrected chi connectivity index (χ2v) is 5.94. The van der Waals surface area contributed by atoms with Crippen molar-refractivity contribution in [3.8, 4) is 0 Å². The molecular weight excluding hydrogens is 290 g/mol. The van der Waals surface area contributed by atoms with Gasteiger partial charge in [0.05, 0.1) is 6.61 Å². The van der Waals surface area contributed by atoms with Crippen molar-refractivity contribution in [1.82, 2.24) is 0 Å². The van der Waals surface area contributed by atoms with Crippen LogP contribution in [0.5, 0.6) is 0 Å². The summed E-state index contributed by atoms with van der Waals surface area (Å²) in [6, 6.07) is 7.75. The highest BCUT2D eigenvalue weighted by Gasteiger charge is 2.28. The number of aryl methyl sites for hydroxylation is 1. The Morgan fingerprint density at radius 1 is 1.22 bits per heavy atom. The Labute approximate surface area is 137 Å². The summed E-state index contributed by atoms with van der Waals surface area (Å²) in [5.41, 5.74) is 2.06. The van der Waals surface area contributed by atoms with Crippen molar-refractivity contribution in [3.63, 3.8) is 0 Å². The maximum Gasteiger partial charge on any atom is 0.343 e. The van der Waals surface area contributed by atoms with Crippen molar-refractivity contribution in [2.45, 2.75) is 46.0 Å². The minimum Gasteiger partial charge on any atom is -0.462 e. The summed E-state index contributed by atoms with van der Waals surface area (Å²) in [5.74, 6) is -0.688. The molecule has 124 valence electrons. The fourth-order valence-corrected chi connectivity index (χ4v) is 2.91. The summed E-state index contributed by atoms with van der Waals surface area (Å²) >= 11 is 0. The number of Topliss-reactive ketones (excluding diaryl/α,β-unsaturated/α-hetero) is 1. The van der Waals surface area contributed by atoms with E-state index in [1.165, 1.54) is 12.6 Å². The van der Waals surface area contributed by atoms with Crippen molar-refractivity contribution >= 4 is 17.4 Å². The Kier molecular flexibility index (Phi) is 6.39. The predicted octanol–water partition coefficient (Wildman–Crippen LogP) is 4.00. The first-order valence-corrected chi connectivity index (χ1v) is 8.37. The van der Waals surface area contributed by atoms with Gasteiger partial charge in [-0.15, -0.1) is 0 Å². The van der Waals surface area contributed by atoms with Gasteiger partial charge in [-0.2, -0.15) is 0 Å². The first-order valence-electron chi connectivity index (χ1n) is 8.37. The van der Waals surface area contributed by atoms with E-state index in [-0.39, 0.29) is 23.9 Å². The van der Waals surface area contributed by atoms with Gasteiger partial charge in [-0.1, -0.05) is 37.5 Å². The largest absolute Gasteiger partial charge is 0.462 e. The third-order valence-corrected chi connectivity index (χ3v) is 4.25. The van der Waals surface area contributed by atoms with E-state index in [4.69, 9.17) is 4.74 Å². The third kappa shape index (κ3) is 4.68. The van der Waals surface area contributed by atoms with Gasteiger partial charge >= 0.3 is 5.97 Å². The van der Waals surface area contributed by atoms with Crippen LogP contribution in [0.15, 0.2) is 36.0 Å². The van der Waals surface area contributed by atoms with Gasteiger partial charge in [0.25, 0.3) is 0 Å². The molecule has 4 heteroatoms. The number of para-hydroxylation sites is 1. The second-order valence-electron chi connectivity index (χ2n) is 5.94. The normalized spacial score (nSPS) is 16.0. The van der Waals surface area contributed by atoms with Crippen LogP contribution in [0, 0.1) is 12.8 Å². The molecule has 1 aliphatic carbocycles. The average Bonchev–Trinajstić information content (AvgIpc) is 2.57. The topological polar surface area (TPSA) is 55.4 Å². The Balaban J connectivity index is 2.19. The fraction of sp³-hybridized carbons (Fsp3) is 0.474. The van der Waals surface area contributed by atoms with Crippen LogP contribution in [-0.4, -0.2) is 18.4 Å². The van der Waals surface area contributed by atoms with Crippen LogP contribution in [0.1, 0.15) is 44.6 Å². The summed E-state index contributed by atoms with van der Waals surface area (Å²) in [4.78, 5) is 24.9. The Morgan fingerprint density at radius 2 is 1.91 bits per heavy atom. The molecule has 2 rings (SSSR count). The zero-order valence-electron chi connectivity index (χ0n) is 13.9. The molecular formula is C19H25NO3.